The summed E-state index contributed by atoms with van der Waals surface area (Å²) in [6.07, 6.45) is 1.29. The van der Waals surface area contributed by atoms with E-state index >= 15 is 0 Å². The molecule has 37 heavy (non-hydrogen) atoms. The van der Waals surface area contributed by atoms with Crippen LogP contribution in [0.25, 0.3) is 0 Å². The number of rotatable bonds is 15. The van der Waals surface area contributed by atoms with Gasteiger partial charge in [-0.25, -0.2) is 4.79 Å². The van der Waals surface area contributed by atoms with Crippen LogP contribution in [0.5, 0.6) is 0 Å². The lowest BCUT2D eigenvalue weighted by atomic mass is 9.89. The summed E-state index contributed by atoms with van der Waals surface area (Å²) in [7, 11) is 0. The molecule has 5 amide bonds. The molecule has 0 spiro atoms. The molecular weight excluding hydrogens is 484 g/mol. The maximum atomic E-state index is 12.5. The van der Waals surface area contributed by atoms with Gasteiger partial charge in [0.25, 0.3) is 11.8 Å². The molecule has 3 N–H and O–H groups in total. The molecule has 210 valence electrons. The monoisotopic (exact) mass is 526 g/mol. The molecule has 1 heterocycles. The summed E-state index contributed by atoms with van der Waals surface area (Å²) in [4.78, 5) is 76.7. The lowest BCUT2D eigenvalue weighted by molar-refractivity contribution is -0.198. The first-order chi connectivity index (χ1) is 17.1. The number of carbonyl (C=O) groups is 6. The Morgan fingerprint density at radius 1 is 0.892 bits per heavy atom. The Hall–Kier alpha value is -3.02. The second kappa shape index (κ2) is 14.1. The van der Waals surface area contributed by atoms with Gasteiger partial charge in [-0.05, 0) is 25.7 Å². The molecule has 1 aliphatic heterocycles. The Morgan fingerprint density at radius 3 is 2.03 bits per heavy atom. The maximum Gasteiger partial charge on any atom is 0.354 e. The minimum absolute atomic E-state index is 0.00816. The second-order valence-electron chi connectivity index (χ2n) is 11.0. The van der Waals surface area contributed by atoms with Crippen molar-refractivity contribution in [3.8, 4) is 0 Å². The summed E-state index contributed by atoms with van der Waals surface area (Å²) >= 11 is 0. The number of nitrogens with zero attached hydrogens (tertiary/aromatic N) is 1. The van der Waals surface area contributed by atoms with E-state index in [2.05, 4.69) is 16.0 Å². The average Bonchev–Trinajstić information content (AvgIpc) is 3.09. The maximum absolute atomic E-state index is 12.5. The molecule has 0 bridgehead atoms. The van der Waals surface area contributed by atoms with Gasteiger partial charge in [0.1, 0.15) is 12.1 Å². The highest BCUT2D eigenvalue weighted by molar-refractivity contribution is 6.02. The summed E-state index contributed by atoms with van der Waals surface area (Å²) in [5, 5.41) is 8.29. The fourth-order valence-electron chi connectivity index (χ4n) is 3.38. The second-order valence-corrected chi connectivity index (χ2v) is 11.0. The zero-order chi connectivity index (χ0) is 28.4. The van der Waals surface area contributed by atoms with Gasteiger partial charge in [-0.15, -0.1) is 5.06 Å². The van der Waals surface area contributed by atoms with Crippen molar-refractivity contribution in [3.05, 3.63) is 0 Å². The number of hydrogen-bond acceptors (Lipinski definition) is 8. The molecule has 0 saturated carbocycles. The van der Waals surface area contributed by atoms with E-state index in [1.54, 1.807) is 0 Å². The van der Waals surface area contributed by atoms with Crippen molar-refractivity contribution in [2.24, 2.45) is 10.8 Å². The Labute approximate surface area is 218 Å². The fraction of sp³-hybridized carbons (Fsp3) is 0.760. The lowest BCUT2D eigenvalue weighted by Crippen LogP contribution is -2.51. The zero-order valence-electron chi connectivity index (χ0n) is 23.0. The number of amides is 5. The van der Waals surface area contributed by atoms with E-state index in [1.165, 1.54) is 13.8 Å². The number of hydroxylamine groups is 2. The predicted molar refractivity (Wildman–Crippen MR) is 133 cm³/mol. The summed E-state index contributed by atoms with van der Waals surface area (Å²) in [6, 6.07) is -2.09. The Kier molecular flexibility index (Phi) is 12.2. The number of nitrogens with one attached hydrogen (secondary N) is 3. The zero-order valence-corrected chi connectivity index (χ0v) is 23.0. The predicted octanol–water partition coefficient (Wildman–Crippen LogP) is 0.978. The third-order valence-electron chi connectivity index (χ3n) is 5.54. The van der Waals surface area contributed by atoms with Crippen molar-refractivity contribution in [1.82, 2.24) is 21.0 Å². The van der Waals surface area contributed by atoms with Crippen LogP contribution < -0.4 is 16.0 Å². The molecule has 12 heteroatoms. The third-order valence-corrected chi connectivity index (χ3v) is 5.54. The average molecular weight is 527 g/mol. The Balaban J connectivity index is 2.43. The van der Waals surface area contributed by atoms with Crippen molar-refractivity contribution in [1.29, 1.82) is 0 Å². The van der Waals surface area contributed by atoms with Crippen LogP contribution in [0, 0.1) is 10.8 Å². The topological polar surface area (TPSA) is 160 Å². The molecule has 0 aromatic heterocycles. The van der Waals surface area contributed by atoms with Gasteiger partial charge in [0.05, 0.1) is 13.2 Å². The van der Waals surface area contributed by atoms with Gasteiger partial charge in [0, 0.05) is 37.6 Å². The van der Waals surface area contributed by atoms with E-state index in [-0.39, 0.29) is 36.5 Å². The SMILES string of the molecule is CCCC(=O)NCC(C)(C)COCC(C)(C)CC(=O)N[C@@H](C)C(=O)N[C@@H](C)C(=O)ON1C(=O)CCC1=O. The summed E-state index contributed by atoms with van der Waals surface area (Å²) in [6.45, 7) is 13.6. The van der Waals surface area contributed by atoms with Gasteiger partial charge in [0.2, 0.25) is 17.7 Å². The van der Waals surface area contributed by atoms with E-state index in [4.69, 9.17) is 9.57 Å². The van der Waals surface area contributed by atoms with Gasteiger partial charge in [-0.2, -0.15) is 0 Å². The van der Waals surface area contributed by atoms with Crippen LogP contribution in [0.2, 0.25) is 0 Å². The van der Waals surface area contributed by atoms with Crippen LogP contribution >= 0.6 is 0 Å². The quantitative estimate of drug-likeness (QED) is 0.266. The summed E-state index contributed by atoms with van der Waals surface area (Å²) in [5.41, 5.74) is -0.796. The highest BCUT2D eigenvalue weighted by atomic mass is 16.7. The van der Waals surface area contributed by atoms with Gasteiger partial charge in [0.15, 0.2) is 0 Å². The number of imide groups is 1. The van der Waals surface area contributed by atoms with E-state index in [9.17, 15) is 28.8 Å². The largest absolute Gasteiger partial charge is 0.380 e. The molecule has 1 rings (SSSR count). The van der Waals surface area contributed by atoms with E-state index < -0.39 is 41.2 Å². The molecule has 1 fully saturated rings. The number of carbonyl (C=O) groups excluding carboxylic acids is 6. The van der Waals surface area contributed by atoms with Gasteiger partial charge in [-0.3, -0.25) is 24.0 Å². The highest BCUT2D eigenvalue weighted by Crippen LogP contribution is 2.23. The Bertz CT molecular complexity index is 855. The molecule has 1 saturated heterocycles. The highest BCUT2D eigenvalue weighted by Gasteiger charge is 2.34. The third kappa shape index (κ3) is 11.7. The van der Waals surface area contributed by atoms with Crippen LogP contribution in [-0.2, 0) is 38.3 Å². The normalized spacial score (nSPS) is 15.7. The van der Waals surface area contributed by atoms with Crippen LogP contribution in [0.1, 0.15) is 80.6 Å². The van der Waals surface area contributed by atoms with E-state index in [0.717, 1.165) is 6.42 Å². The first-order valence-corrected chi connectivity index (χ1v) is 12.6. The van der Waals surface area contributed by atoms with E-state index in [1.807, 2.05) is 34.6 Å². The number of hydrogen-bond donors (Lipinski definition) is 3. The van der Waals surface area contributed by atoms with Crippen molar-refractivity contribution >= 4 is 35.5 Å². The summed E-state index contributed by atoms with van der Waals surface area (Å²) < 4.78 is 5.84. The van der Waals surface area contributed by atoms with Crippen molar-refractivity contribution in [2.75, 3.05) is 19.8 Å². The minimum atomic E-state index is -1.15. The minimum Gasteiger partial charge on any atom is -0.380 e. The smallest absolute Gasteiger partial charge is 0.354 e. The summed E-state index contributed by atoms with van der Waals surface area (Å²) in [5.74, 6) is -3.20. The van der Waals surface area contributed by atoms with E-state index in [0.29, 0.717) is 31.2 Å². The standard InChI is InChI=1S/C25H42N4O8/c1-8-9-18(30)26-13-25(6,7)15-36-14-24(4,5)12-19(31)27-16(2)22(34)28-17(3)23(35)37-29-20(32)10-11-21(29)33/h16-17H,8-15H2,1-7H3,(H,26,30)(H,27,31)(H,28,34)/t16-,17-/m0/s1. The molecule has 2 atom stereocenters. The fourth-order valence-corrected chi connectivity index (χ4v) is 3.38. The molecule has 0 unspecified atom stereocenters. The van der Waals surface area contributed by atoms with Crippen LogP contribution in [0.3, 0.4) is 0 Å². The molecular formula is C25H42N4O8. The molecule has 0 aromatic rings. The molecule has 12 nitrogen and oxygen atoms in total. The molecule has 0 aliphatic carbocycles. The van der Waals surface area contributed by atoms with Crippen molar-refractivity contribution < 1.29 is 38.3 Å². The van der Waals surface area contributed by atoms with Crippen molar-refractivity contribution in [3.63, 3.8) is 0 Å². The lowest BCUT2D eigenvalue weighted by Gasteiger charge is -2.29. The number of ether oxygens (including phenoxy) is 1. The molecule has 0 radical (unpaired) electrons. The van der Waals surface area contributed by atoms with Gasteiger partial charge < -0.3 is 25.5 Å². The van der Waals surface area contributed by atoms with Crippen molar-refractivity contribution in [2.45, 2.75) is 92.7 Å². The first kappa shape index (κ1) is 32.0. The van der Waals surface area contributed by atoms with Crippen LogP contribution in [-0.4, -0.2) is 72.4 Å². The Morgan fingerprint density at radius 2 is 1.46 bits per heavy atom. The van der Waals surface area contributed by atoms with Crippen LogP contribution in [0.15, 0.2) is 0 Å². The molecule has 0 aromatic carbocycles. The van der Waals surface area contributed by atoms with Crippen LogP contribution in [0.4, 0.5) is 0 Å². The first-order valence-electron chi connectivity index (χ1n) is 12.6. The van der Waals surface area contributed by atoms with Gasteiger partial charge in [-0.1, -0.05) is 34.6 Å². The molecule has 1 aliphatic rings. The van der Waals surface area contributed by atoms with Gasteiger partial charge >= 0.3 is 5.97 Å².